The van der Waals surface area contributed by atoms with Crippen molar-refractivity contribution in [2.24, 2.45) is 5.41 Å². The number of alkyl halides is 3. The second-order valence-corrected chi connectivity index (χ2v) is 7.88. The Bertz CT molecular complexity index is 843. The highest BCUT2D eigenvalue weighted by Gasteiger charge is 2.38. The molecule has 0 aliphatic heterocycles. The van der Waals surface area contributed by atoms with Crippen LogP contribution in [0.4, 0.5) is 17.6 Å². The number of hydrogen-bond acceptors (Lipinski definition) is 4. The first-order chi connectivity index (χ1) is 13.7. The van der Waals surface area contributed by atoms with Crippen molar-refractivity contribution in [3.05, 3.63) is 46.9 Å². The van der Waals surface area contributed by atoms with Crippen molar-refractivity contribution < 1.29 is 32.2 Å². The van der Waals surface area contributed by atoms with Crippen LogP contribution in [0.5, 0.6) is 5.88 Å². The topological polar surface area (TPSA) is 76.4 Å². The molecule has 0 saturated carbocycles. The molecule has 0 amide bonds. The maximum absolute atomic E-state index is 13.2. The van der Waals surface area contributed by atoms with Crippen molar-refractivity contribution in [2.75, 3.05) is 7.05 Å². The van der Waals surface area contributed by atoms with Gasteiger partial charge in [-0.2, -0.15) is 18.3 Å². The number of hydrogen-bond donors (Lipinski definition) is 2. The van der Waals surface area contributed by atoms with E-state index in [-0.39, 0.29) is 11.2 Å². The summed E-state index contributed by atoms with van der Waals surface area (Å²) in [6, 6.07) is 6.72. The zero-order valence-electron chi connectivity index (χ0n) is 17.6. The van der Waals surface area contributed by atoms with Gasteiger partial charge in [0.05, 0.1) is 5.69 Å². The molecule has 0 bridgehead atoms. The Morgan fingerprint density at radius 2 is 1.83 bits per heavy atom. The van der Waals surface area contributed by atoms with Crippen molar-refractivity contribution in [1.29, 1.82) is 0 Å². The Labute approximate surface area is 172 Å². The lowest BCUT2D eigenvalue weighted by Crippen LogP contribution is -2.21. The average molecular weight is 433 g/mol. The van der Waals surface area contributed by atoms with Gasteiger partial charge in [-0.3, -0.25) is 0 Å². The molecule has 1 aromatic heterocycles. The molecule has 0 unspecified atom stereocenters. The van der Waals surface area contributed by atoms with Gasteiger partial charge in [-0.1, -0.05) is 26.8 Å². The van der Waals surface area contributed by atoms with Crippen molar-refractivity contribution in [2.45, 2.75) is 53.6 Å². The summed E-state index contributed by atoms with van der Waals surface area (Å²) in [6.07, 6.45) is -5.08. The molecule has 2 N–H and O–H groups in total. The van der Waals surface area contributed by atoms with E-state index in [1.54, 1.807) is 6.07 Å². The third kappa shape index (κ3) is 8.81. The summed E-state index contributed by atoms with van der Waals surface area (Å²) < 4.78 is 52.8. The highest BCUT2D eigenvalue weighted by Crippen LogP contribution is 2.23. The van der Waals surface area contributed by atoms with Crippen LogP contribution in [0, 0.1) is 18.2 Å². The molecule has 0 radical (unpaired) electrons. The van der Waals surface area contributed by atoms with Crippen LogP contribution in [-0.2, 0) is 24.5 Å². The minimum Gasteiger partial charge on any atom is -0.475 e. The van der Waals surface area contributed by atoms with Crippen LogP contribution in [0.3, 0.4) is 0 Å². The predicted octanol–water partition coefficient (Wildman–Crippen LogP) is 4.31. The molecule has 168 valence electrons. The molecule has 0 fully saturated rings. The molecule has 1 aromatic carbocycles. The van der Waals surface area contributed by atoms with Crippen molar-refractivity contribution in [3.63, 3.8) is 0 Å². The molecule has 6 nitrogen and oxygen atoms in total. The third-order valence-corrected chi connectivity index (χ3v) is 3.70. The third-order valence-electron chi connectivity index (χ3n) is 3.70. The number of nitrogens with zero attached hydrogens (tertiary/aromatic N) is 2. The van der Waals surface area contributed by atoms with E-state index >= 15 is 0 Å². The standard InChI is InChI=1S/C18H26FN3O.C2HF3O2/c1-13-8-15(19)7-6-14(13)11-23-17-9-16(10-20-5)21-22(17)12-18(2,3)4;3-2(4,5)1(6)7/h6-9,20H,10-12H2,1-5H3;(H,6,7). The fraction of sp³-hybridized carbons (Fsp3) is 0.500. The monoisotopic (exact) mass is 433 g/mol. The Hall–Kier alpha value is -2.62. The molecule has 30 heavy (non-hydrogen) atoms. The fourth-order valence-corrected chi connectivity index (χ4v) is 2.37. The Balaban J connectivity index is 0.000000553. The van der Waals surface area contributed by atoms with Gasteiger partial charge in [-0.15, -0.1) is 0 Å². The van der Waals surface area contributed by atoms with Crippen LogP contribution in [-0.4, -0.2) is 34.1 Å². The van der Waals surface area contributed by atoms with E-state index in [0.717, 1.165) is 29.2 Å². The molecule has 10 heteroatoms. The van der Waals surface area contributed by atoms with Crippen molar-refractivity contribution in [1.82, 2.24) is 15.1 Å². The summed E-state index contributed by atoms with van der Waals surface area (Å²) in [4.78, 5) is 8.90. The zero-order valence-corrected chi connectivity index (χ0v) is 17.6. The molecule has 1 heterocycles. The van der Waals surface area contributed by atoms with Gasteiger partial charge in [0.2, 0.25) is 5.88 Å². The summed E-state index contributed by atoms with van der Waals surface area (Å²) in [5.41, 5.74) is 2.92. The van der Waals surface area contributed by atoms with E-state index in [0.29, 0.717) is 13.2 Å². The van der Waals surface area contributed by atoms with E-state index < -0.39 is 12.1 Å². The molecular weight excluding hydrogens is 406 g/mol. The van der Waals surface area contributed by atoms with E-state index in [2.05, 4.69) is 31.2 Å². The summed E-state index contributed by atoms with van der Waals surface area (Å²) in [7, 11) is 1.89. The molecule has 0 atom stereocenters. The van der Waals surface area contributed by atoms with Gasteiger partial charge >= 0.3 is 12.1 Å². The van der Waals surface area contributed by atoms with Crippen LogP contribution < -0.4 is 10.1 Å². The van der Waals surface area contributed by atoms with E-state index in [1.807, 2.05) is 24.7 Å². The fourth-order valence-electron chi connectivity index (χ4n) is 2.37. The molecule has 2 rings (SSSR count). The Morgan fingerprint density at radius 1 is 1.23 bits per heavy atom. The van der Waals surface area contributed by atoms with Gasteiger partial charge in [0.25, 0.3) is 0 Å². The van der Waals surface area contributed by atoms with Crippen molar-refractivity contribution in [3.8, 4) is 5.88 Å². The van der Waals surface area contributed by atoms with Crippen LogP contribution in [0.1, 0.15) is 37.6 Å². The first kappa shape index (κ1) is 25.4. The minimum atomic E-state index is -5.08. The van der Waals surface area contributed by atoms with Crippen molar-refractivity contribution >= 4 is 5.97 Å². The van der Waals surface area contributed by atoms with Gasteiger partial charge in [0.1, 0.15) is 12.4 Å². The van der Waals surface area contributed by atoms with Crippen LogP contribution in [0.15, 0.2) is 24.3 Å². The predicted molar refractivity (Wildman–Crippen MR) is 104 cm³/mol. The molecule has 2 aromatic rings. The Morgan fingerprint density at radius 3 is 2.30 bits per heavy atom. The number of rotatable bonds is 6. The summed E-state index contributed by atoms with van der Waals surface area (Å²) in [5.74, 6) is -2.23. The molecule has 0 saturated heterocycles. The van der Waals surface area contributed by atoms with E-state index in [9.17, 15) is 17.6 Å². The summed E-state index contributed by atoms with van der Waals surface area (Å²) in [6.45, 7) is 10.3. The second-order valence-electron chi connectivity index (χ2n) is 7.88. The van der Waals surface area contributed by atoms with Gasteiger partial charge < -0.3 is 15.2 Å². The number of aryl methyl sites for hydroxylation is 1. The van der Waals surface area contributed by atoms with Gasteiger partial charge in [0.15, 0.2) is 0 Å². The largest absolute Gasteiger partial charge is 0.490 e. The van der Waals surface area contributed by atoms with Crippen LogP contribution >= 0.6 is 0 Å². The maximum atomic E-state index is 13.2. The summed E-state index contributed by atoms with van der Waals surface area (Å²) >= 11 is 0. The highest BCUT2D eigenvalue weighted by molar-refractivity contribution is 5.73. The molecule has 0 aliphatic carbocycles. The van der Waals surface area contributed by atoms with Crippen LogP contribution in [0.2, 0.25) is 0 Å². The quantitative estimate of drug-likeness (QED) is 0.664. The average Bonchev–Trinajstić information content (AvgIpc) is 2.93. The number of ether oxygens (including phenoxy) is 1. The zero-order chi connectivity index (χ0) is 23.1. The number of carboxylic acid groups (broad SMARTS) is 1. The number of aromatic nitrogens is 2. The molecule has 0 aliphatic rings. The molecule has 0 spiro atoms. The minimum absolute atomic E-state index is 0.104. The lowest BCUT2D eigenvalue weighted by molar-refractivity contribution is -0.192. The smallest absolute Gasteiger partial charge is 0.475 e. The SMILES string of the molecule is CNCc1cc(OCc2ccc(F)cc2C)n(CC(C)(C)C)n1.O=C(O)C(F)(F)F. The van der Waals surface area contributed by atoms with E-state index in [4.69, 9.17) is 14.6 Å². The number of benzene rings is 1. The Kier molecular flexibility index (Phi) is 8.83. The van der Waals surface area contributed by atoms with Crippen LogP contribution in [0.25, 0.3) is 0 Å². The lowest BCUT2D eigenvalue weighted by Gasteiger charge is -2.20. The van der Waals surface area contributed by atoms with Gasteiger partial charge in [-0.25, -0.2) is 13.9 Å². The maximum Gasteiger partial charge on any atom is 0.490 e. The van der Waals surface area contributed by atoms with E-state index in [1.165, 1.54) is 12.1 Å². The number of carbonyl (C=O) groups is 1. The normalized spacial score (nSPS) is 11.6. The first-order valence-electron chi connectivity index (χ1n) is 9.12. The summed E-state index contributed by atoms with van der Waals surface area (Å²) in [5, 5.41) is 14.8. The number of halogens is 4. The van der Waals surface area contributed by atoms with Gasteiger partial charge in [0, 0.05) is 19.2 Å². The number of aliphatic carboxylic acids is 1. The number of nitrogens with one attached hydrogen (secondary N) is 1. The second kappa shape index (κ2) is 10.4. The highest BCUT2D eigenvalue weighted by atomic mass is 19.4. The van der Waals surface area contributed by atoms with Gasteiger partial charge in [-0.05, 0) is 42.6 Å². The first-order valence-corrected chi connectivity index (χ1v) is 9.12. The lowest BCUT2D eigenvalue weighted by atomic mass is 9.97. The molecular formula is C20H27F4N3O3. The number of carboxylic acids is 1.